The number of aryl methyl sites for hydroxylation is 1. The maximum atomic E-state index is 13.5. The number of nitrogens with one attached hydrogen (secondary N) is 1. The highest BCUT2D eigenvalue weighted by molar-refractivity contribution is 5.27. The minimum absolute atomic E-state index is 0.0690. The van der Waals surface area contributed by atoms with Crippen molar-refractivity contribution in [2.45, 2.75) is 19.4 Å². The van der Waals surface area contributed by atoms with Crippen LogP contribution in [0.3, 0.4) is 0 Å². The number of likely N-dealkylation sites (N-methyl/N-ethyl adjacent to an activating group) is 1. The van der Waals surface area contributed by atoms with Crippen LogP contribution in [0.25, 0.3) is 0 Å². The van der Waals surface area contributed by atoms with Crippen molar-refractivity contribution >= 4 is 0 Å². The lowest BCUT2D eigenvalue weighted by Crippen LogP contribution is -2.23. The summed E-state index contributed by atoms with van der Waals surface area (Å²) in [5, 5.41) is 3.12. The smallest absolute Gasteiger partial charge is 0.200 e. The molecule has 0 aliphatic rings. The molecule has 0 bridgehead atoms. The number of halogens is 2. The molecule has 0 spiro atoms. The molecule has 0 heterocycles. The van der Waals surface area contributed by atoms with E-state index in [2.05, 4.69) is 24.4 Å². The summed E-state index contributed by atoms with van der Waals surface area (Å²) in [6, 6.07) is 12.0. The maximum Gasteiger partial charge on any atom is 0.200 e. The number of hydrogen-bond acceptors (Lipinski definition) is 2. The van der Waals surface area contributed by atoms with Gasteiger partial charge >= 0.3 is 0 Å². The van der Waals surface area contributed by atoms with Crippen molar-refractivity contribution in [3.05, 3.63) is 65.2 Å². The predicted molar refractivity (Wildman–Crippen MR) is 79.5 cm³/mol. The Balaban J connectivity index is 2.06. The molecule has 2 rings (SSSR count). The van der Waals surface area contributed by atoms with Crippen LogP contribution < -0.4 is 10.1 Å². The Bertz CT molecular complexity index is 584. The zero-order valence-electron chi connectivity index (χ0n) is 12.2. The third-order valence-corrected chi connectivity index (χ3v) is 3.46. The Hall–Kier alpha value is -1.94. The number of benzene rings is 2. The van der Waals surface area contributed by atoms with Crippen LogP contribution in [0, 0.1) is 11.6 Å². The fraction of sp³-hybridized carbons (Fsp3) is 0.294. The van der Waals surface area contributed by atoms with Crippen molar-refractivity contribution in [3.8, 4) is 5.75 Å². The van der Waals surface area contributed by atoms with Gasteiger partial charge in [0, 0.05) is 0 Å². The Labute approximate surface area is 123 Å². The standard InChI is InChI=1S/C17H19F2NO/c1-3-12-7-9-13(10-8-12)15(20-2)11-21-16-6-4-5-14(18)17(16)19/h4-10,15,20H,3,11H2,1-2H3. The van der Waals surface area contributed by atoms with E-state index < -0.39 is 11.6 Å². The first-order valence-corrected chi connectivity index (χ1v) is 6.98. The molecule has 0 aromatic heterocycles. The van der Waals surface area contributed by atoms with Gasteiger partial charge in [-0.3, -0.25) is 0 Å². The molecule has 0 aliphatic heterocycles. The minimum Gasteiger partial charge on any atom is -0.488 e. The first kappa shape index (κ1) is 15.4. The van der Waals surface area contributed by atoms with Crippen LogP contribution in [0.4, 0.5) is 8.78 Å². The van der Waals surface area contributed by atoms with Crippen molar-refractivity contribution in [3.63, 3.8) is 0 Å². The molecule has 1 N–H and O–H groups in total. The summed E-state index contributed by atoms with van der Waals surface area (Å²) >= 11 is 0. The second kappa shape index (κ2) is 7.18. The normalized spacial score (nSPS) is 12.2. The van der Waals surface area contributed by atoms with Crippen molar-refractivity contribution in [1.82, 2.24) is 5.32 Å². The van der Waals surface area contributed by atoms with Gasteiger partial charge in [0.25, 0.3) is 0 Å². The third kappa shape index (κ3) is 3.79. The van der Waals surface area contributed by atoms with Gasteiger partial charge in [0.2, 0.25) is 5.82 Å². The largest absolute Gasteiger partial charge is 0.488 e. The topological polar surface area (TPSA) is 21.3 Å². The maximum absolute atomic E-state index is 13.5. The van der Waals surface area contributed by atoms with E-state index in [1.807, 2.05) is 19.2 Å². The fourth-order valence-electron chi connectivity index (χ4n) is 2.10. The van der Waals surface area contributed by atoms with E-state index in [4.69, 9.17) is 4.74 Å². The molecule has 0 aliphatic carbocycles. The molecule has 0 saturated heterocycles. The molecule has 1 unspecified atom stereocenters. The van der Waals surface area contributed by atoms with Crippen LogP contribution in [0.5, 0.6) is 5.75 Å². The highest BCUT2D eigenvalue weighted by atomic mass is 19.2. The molecule has 0 radical (unpaired) electrons. The first-order chi connectivity index (χ1) is 10.2. The van der Waals surface area contributed by atoms with E-state index in [1.165, 1.54) is 17.7 Å². The average molecular weight is 291 g/mol. The summed E-state index contributed by atoms with van der Waals surface area (Å²) < 4.78 is 32.1. The third-order valence-electron chi connectivity index (χ3n) is 3.46. The number of ether oxygens (including phenoxy) is 1. The molecule has 112 valence electrons. The second-order valence-corrected chi connectivity index (χ2v) is 4.80. The van der Waals surface area contributed by atoms with Gasteiger partial charge in [-0.05, 0) is 36.7 Å². The van der Waals surface area contributed by atoms with Crippen molar-refractivity contribution in [2.75, 3.05) is 13.7 Å². The van der Waals surface area contributed by atoms with Crippen LogP contribution in [0.1, 0.15) is 24.1 Å². The van der Waals surface area contributed by atoms with E-state index in [-0.39, 0.29) is 18.4 Å². The molecule has 0 fully saturated rings. The van der Waals surface area contributed by atoms with Crippen LogP contribution in [0.15, 0.2) is 42.5 Å². The van der Waals surface area contributed by atoms with E-state index in [1.54, 1.807) is 0 Å². The van der Waals surface area contributed by atoms with Crippen molar-refractivity contribution < 1.29 is 13.5 Å². The quantitative estimate of drug-likeness (QED) is 0.872. The predicted octanol–water partition coefficient (Wildman–Crippen LogP) is 3.87. The summed E-state index contributed by atoms with van der Waals surface area (Å²) in [6.45, 7) is 2.32. The number of hydrogen-bond donors (Lipinski definition) is 1. The van der Waals surface area contributed by atoms with Crippen LogP contribution in [-0.2, 0) is 6.42 Å². The molecule has 2 aromatic carbocycles. The summed E-state index contributed by atoms with van der Waals surface area (Å²) in [6.07, 6.45) is 0.982. The lowest BCUT2D eigenvalue weighted by atomic mass is 10.0. The summed E-state index contributed by atoms with van der Waals surface area (Å²) in [4.78, 5) is 0. The zero-order valence-corrected chi connectivity index (χ0v) is 12.2. The Kier molecular flexibility index (Phi) is 5.28. The van der Waals surface area contributed by atoms with Crippen molar-refractivity contribution in [2.24, 2.45) is 0 Å². The molecule has 1 atom stereocenters. The van der Waals surface area contributed by atoms with Gasteiger partial charge in [-0.25, -0.2) is 4.39 Å². The molecule has 2 nitrogen and oxygen atoms in total. The molecule has 0 saturated carbocycles. The molecular formula is C17H19F2NO. The van der Waals surface area contributed by atoms with Gasteiger partial charge in [-0.2, -0.15) is 4.39 Å². The SMILES string of the molecule is CCc1ccc(C(COc2cccc(F)c2F)NC)cc1. The molecule has 21 heavy (non-hydrogen) atoms. The Morgan fingerprint density at radius 3 is 2.43 bits per heavy atom. The molecular weight excluding hydrogens is 272 g/mol. The first-order valence-electron chi connectivity index (χ1n) is 6.98. The van der Waals surface area contributed by atoms with Crippen molar-refractivity contribution in [1.29, 1.82) is 0 Å². The molecule has 2 aromatic rings. The highest BCUT2D eigenvalue weighted by Crippen LogP contribution is 2.21. The van der Waals surface area contributed by atoms with Gasteiger partial charge in [0.05, 0.1) is 6.04 Å². The van der Waals surface area contributed by atoms with Crippen LogP contribution >= 0.6 is 0 Å². The van der Waals surface area contributed by atoms with Crippen LogP contribution in [0.2, 0.25) is 0 Å². The van der Waals surface area contributed by atoms with Gasteiger partial charge in [0.15, 0.2) is 11.6 Å². The second-order valence-electron chi connectivity index (χ2n) is 4.80. The Morgan fingerprint density at radius 1 is 1.10 bits per heavy atom. The summed E-state index contributed by atoms with van der Waals surface area (Å²) in [7, 11) is 1.81. The lowest BCUT2D eigenvalue weighted by Gasteiger charge is -2.18. The van der Waals surface area contributed by atoms with E-state index in [9.17, 15) is 8.78 Å². The van der Waals surface area contributed by atoms with E-state index in [0.29, 0.717) is 0 Å². The van der Waals surface area contributed by atoms with Crippen LogP contribution in [-0.4, -0.2) is 13.7 Å². The lowest BCUT2D eigenvalue weighted by molar-refractivity contribution is 0.258. The van der Waals surface area contributed by atoms with E-state index >= 15 is 0 Å². The van der Waals surface area contributed by atoms with E-state index in [0.717, 1.165) is 18.1 Å². The highest BCUT2D eigenvalue weighted by Gasteiger charge is 2.13. The molecule has 0 amide bonds. The minimum atomic E-state index is -0.950. The Morgan fingerprint density at radius 2 is 1.81 bits per heavy atom. The number of rotatable bonds is 6. The van der Waals surface area contributed by atoms with Gasteiger partial charge in [-0.15, -0.1) is 0 Å². The monoisotopic (exact) mass is 291 g/mol. The van der Waals surface area contributed by atoms with Gasteiger partial charge in [0.1, 0.15) is 6.61 Å². The summed E-state index contributed by atoms with van der Waals surface area (Å²) in [5.41, 5.74) is 2.30. The summed E-state index contributed by atoms with van der Waals surface area (Å²) in [5.74, 6) is -1.92. The average Bonchev–Trinajstić information content (AvgIpc) is 2.52. The van der Waals surface area contributed by atoms with Gasteiger partial charge in [-0.1, -0.05) is 37.3 Å². The molecule has 4 heteroatoms. The fourth-order valence-corrected chi connectivity index (χ4v) is 2.10. The van der Waals surface area contributed by atoms with Gasteiger partial charge < -0.3 is 10.1 Å². The zero-order chi connectivity index (χ0) is 15.2.